The third-order valence-electron chi connectivity index (χ3n) is 7.83. The fourth-order valence-electron chi connectivity index (χ4n) is 5.21. The van der Waals surface area contributed by atoms with Gasteiger partial charge in [0.25, 0.3) is 0 Å². The SMILES string of the molecule is CC(C)c1ccc(-c2cc(-c3nn(-c4nc(C(=O)O)cs4)c(CC4CC4)c3Cc3ccc([S+](N)[O-])cc3)ccc2F)cc1. The third kappa shape index (κ3) is 6.28. The lowest BCUT2D eigenvalue weighted by Crippen LogP contribution is -2.12. The molecule has 1 aliphatic carbocycles. The molecule has 1 atom stereocenters. The van der Waals surface area contributed by atoms with Crippen molar-refractivity contribution in [3.05, 3.63) is 106 Å². The number of carboxylic acids is 1. The molecule has 1 fully saturated rings. The Balaban J connectivity index is 1.50. The molecule has 10 heteroatoms. The van der Waals surface area contributed by atoms with E-state index in [0.717, 1.165) is 47.2 Å². The first kappa shape index (κ1) is 29.3. The maximum atomic E-state index is 15.3. The normalized spacial score (nSPS) is 13.9. The van der Waals surface area contributed by atoms with Crippen molar-refractivity contribution in [1.29, 1.82) is 0 Å². The van der Waals surface area contributed by atoms with E-state index in [1.165, 1.54) is 28.3 Å². The van der Waals surface area contributed by atoms with E-state index < -0.39 is 17.3 Å². The molecule has 0 aliphatic heterocycles. The van der Waals surface area contributed by atoms with Gasteiger partial charge in [0.1, 0.15) is 5.82 Å². The van der Waals surface area contributed by atoms with Gasteiger partial charge in [-0.3, -0.25) is 0 Å². The number of nitrogens with two attached hydrogens (primary N) is 1. The minimum absolute atomic E-state index is 0.0322. The predicted octanol–water partition coefficient (Wildman–Crippen LogP) is 7.15. The van der Waals surface area contributed by atoms with Gasteiger partial charge in [0, 0.05) is 28.5 Å². The first-order valence-corrected chi connectivity index (χ1v) is 16.2. The maximum Gasteiger partial charge on any atom is 0.355 e. The Morgan fingerprint density at radius 1 is 1.12 bits per heavy atom. The van der Waals surface area contributed by atoms with Crippen molar-refractivity contribution >= 4 is 28.7 Å². The summed E-state index contributed by atoms with van der Waals surface area (Å²) in [6.45, 7) is 4.25. The Kier molecular flexibility index (Phi) is 8.19. The zero-order valence-electron chi connectivity index (χ0n) is 23.8. The highest BCUT2D eigenvalue weighted by molar-refractivity contribution is 7.89. The fraction of sp³-hybridized carbons (Fsp3) is 0.242. The molecule has 5 aromatic rings. The fourth-order valence-corrected chi connectivity index (χ4v) is 6.39. The van der Waals surface area contributed by atoms with Crippen LogP contribution in [0.15, 0.2) is 77.0 Å². The van der Waals surface area contributed by atoms with Gasteiger partial charge in [0.2, 0.25) is 5.13 Å². The highest BCUT2D eigenvalue weighted by Gasteiger charge is 2.29. The Morgan fingerprint density at radius 2 is 1.81 bits per heavy atom. The quantitative estimate of drug-likeness (QED) is 0.161. The molecule has 0 spiro atoms. The zero-order valence-corrected chi connectivity index (χ0v) is 25.4. The molecule has 220 valence electrons. The van der Waals surface area contributed by atoms with Crippen LogP contribution in [0.5, 0.6) is 0 Å². The molecular weight excluding hydrogens is 584 g/mol. The lowest BCUT2D eigenvalue weighted by atomic mass is 9.94. The van der Waals surface area contributed by atoms with Crippen LogP contribution in [0.1, 0.15) is 65.5 Å². The van der Waals surface area contributed by atoms with Gasteiger partial charge in [-0.25, -0.2) is 18.9 Å². The number of benzene rings is 3. The van der Waals surface area contributed by atoms with E-state index in [9.17, 15) is 14.5 Å². The second-order valence-corrected chi connectivity index (χ2v) is 13.1. The highest BCUT2D eigenvalue weighted by atomic mass is 32.2. The van der Waals surface area contributed by atoms with Crippen LogP contribution in [0.2, 0.25) is 0 Å². The lowest BCUT2D eigenvalue weighted by molar-refractivity contribution is 0.0691. The number of aromatic nitrogens is 3. The van der Waals surface area contributed by atoms with Gasteiger partial charge in [-0.1, -0.05) is 50.2 Å². The Labute approximate surface area is 256 Å². The van der Waals surface area contributed by atoms with E-state index in [1.807, 2.05) is 42.5 Å². The largest absolute Gasteiger partial charge is 0.593 e. The van der Waals surface area contributed by atoms with Crippen molar-refractivity contribution in [2.45, 2.75) is 50.3 Å². The van der Waals surface area contributed by atoms with Gasteiger partial charge in [0.15, 0.2) is 10.6 Å². The minimum atomic E-state index is -1.58. The third-order valence-corrected chi connectivity index (χ3v) is 9.38. The summed E-state index contributed by atoms with van der Waals surface area (Å²) >= 11 is -0.350. The van der Waals surface area contributed by atoms with E-state index in [1.54, 1.807) is 22.9 Å². The van der Waals surface area contributed by atoms with E-state index in [2.05, 4.69) is 18.8 Å². The van der Waals surface area contributed by atoms with Gasteiger partial charge in [-0.15, -0.1) is 16.5 Å². The Morgan fingerprint density at radius 3 is 2.42 bits per heavy atom. The summed E-state index contributed by atoms with van der Waals surface area (Å²) in [5, 5.41) is 22.1. The summed E-state index contributed by atoms with van der Waals surface area (Å²) in [5.74, 6) is -0.543. The summed E-state index contributed by atoms with van der Waals surface area (Å²) in [5.41, 5.74) is 6.75. The number of halogens is 1. The molecule has 0 amide bonds. The van der Waals surface area contributed by atoms with Crippen LogP contribution in [0.3, 0.4) is 0 Å². The number of carboxylic acid groups (broad SMARTS) is 1. The molecule has 6 rings (SSSR count). The number of hydrogen-bond acceptors (Lipinski definition) is 6. The molecule has 1 aliphatic rings. The van der Waals surface area contributed by atoms with Crippen LogP contribution in [0, 0.1) is 11.7 Å². The van der Waals surface area contributed by atoms with E-state index in [4.69, 9.17) is 10.2 Å². The first-order valence-electron chi connectivity index (χ1n) is 14.1. The van der Waals surface area contributed by atoms with Crippen molar-refractivity contribution in [2.75, 3.05) is 0 Å². The maximum absolute atomic E-state index is 15.3. The number of carbonyl (C=O) groups is 1. The predicted molar refractivity (Wildman–Crippen MR) is 167 cm³/mol. The molecule has 0 radical (unpaired) electrons. The molecule has 2 aromatic heterocycles. The van der Waals surface area contributed by atoms with Crippen LogP contribution in [-0.4, -0.2) is 30.4 Å². The number of aromatic carboxylic acids is 1. The van der Waals surface area contributed by atoms with Crippen LogP contribution in [0.4, 0.5) is 4.39 Å². The van der Waals surface area contributed by atoms with Crippen LogP contribution in [-0.2, 0) is 24.2 Å². The average molecular weight is 615 g/mol. The number of nitrogens with zero attached hydrogens (tertiary/aromatic N) is 3. The molecule has 1 unspecified atom stereocenters. The van der Waals surface area contributed by atoms with Gasteiger partial charge < -0.3 is 9.66 Å². The monoisotopic (exact) mass is 614 g/mol. The van der Waals surface area contributed by atoms with Crippen molar-refractivity contribution < 1.29 is 18.8 Å². The van der Waals surface area contributed by atoms with Gasteiger partial charge in [-0.05, 0) is 78.1 Å². The second kappa shape index (κ2) is 12.0. The van der Waals surface area contributed by atoms with Gasteiger partial charge >= 0.3 is 5.97 Å². The van der Waals surface area contributed by atoms with Crippen LogP contribution >= 0.6 is 11.3 Å². The topological polar surface area (TPSA) is 117 Å². The van der Waals surface area contributed by atoms with Crippen LogP contribution in [0.25, 0.3) is 27.5 Å². The van der Waals surface area contributed by atoms with Gasteiger partial charge in [0.05, 0.1) is 22.7 Å². The second-order valence-electron chi connectivity index (χ2n) is 11.2. The summed E-state index contributed by atoms with van der Waals surface area (Å²) in [6.07, 6.45) is 3.51. The number of thiazole rings is 1. The first-order chi connectivity index (χ1) is 20.7. The highest BCUT2D eigenvalue weighted by Crippen LogP contribution is 2.39. The van der Waals surface area contributed by atoms with Crippen molar-refractivity contribution in [3.63, 3.8) is 0 Å². The molecule has 7 nitrogen and oxygen atoms in total. The van der Waals surface area contributed by atoms with Crippen LogP contribution < -0.4 is 5.14 Å². The number of rotatable bonds is 10. The molecule has 3 aromatic carbocycles. The summed E-state index contributed by atoms with van der Waals surface area (Å²) < 4.78 is 28.8. The van der Waals surface area contributed by atoms with Gasteiger partial charge in [-0.2, -0.15) is 5.10 Å². The molecule has 0 saturated heterocycles. The van der Waals surface area contributed by atoms with E-state index in [0.29, 0.717) is 39.5 Å². The van der Waals surface area contributed by atoms with Crippen molar-refractivity contribution in [1.82, 2.24) is 14.8 Å². The number of hydrogen-bond donors (Lipinski definition) is 2. The minimum Gasteiger partial charge on any atom is -0.593 e. The Bertz CT molecular complexity index is 1780. The lowest BCUT2D eigenvalue weighted by Gasteiger charge is -2.11. The van der Waals surface area contributed by atoms with Crippen molar-refractivity contribution in [3.8, 4) is 27.5 Å². The standard InChI is InChI=1S/C33H31FN4O3S2/c1-19(2)22-7-9-23(10-8-22)26-17-24(11-14-28(26)34)31-27(15-20-5-12-25(13-6-20)43(35)41)30(16-21-3-4-21)38(37-31)33-36-29(18-42-33)32(39)40/h5-14,17-19,21H,3-4,15-16,35H2,1-2H3,(H,39,40). The average Bonchev–Trinajstić information content (AvgIpc) is 3.55. The molecule has 3 N–H and O–H groups in total. The summed E-state index contributed by atoms with van der Waals surface area (Å²) in [4.78, 5) is 16.5. The molecule has 0 bridgehead atoms. The molecule has 43 heavy (non-hydrogen) atoms. The summed E-state index contributed by atoms with van der Waals surface area (Å²) in [7, 11) is 0. The zero-order chi connectivity index (χ0) is 30.2. The summed E-state index contributed by atoms with van der Waals surface area (Å²) in [6, 6.07) is 20.3. The molecule has 2 heterocycles. The van der Waals surface area contributed by atoms with Crippen molar-refractivity contribution in [2.24, 2.45) is 11.1 Å². The smallest absolute Gasteiger partial charge is 0.355 e. The molecule has 1 saturated carbocycles. The molecular formula is C33H31FN4O3S2. The van der Waals surface area contributed by atoms with E-state index >= 15 is 4.39 Å². The Hall–Kier alpha value is -3.83. The van der Waals surface area contributed by atoms with E-state index in [-0.39, 0.29) is 11.5 Å².